The molecule has 0 saturated heterocycles. The lowest BCUT2D eigenvalue weighted by Crippen LogP contribution is -2.31. The first-order valence-electron chi connectivity index (χ1n) is 5.66. The third kappa shape index (κ3) is 6.17. The van der Waals surface area contributed by atoms with Crippen molar-refractivity contribution in [3.63, 3.8) is 0 Å². The zero-order chi connectivity index (χ0) is 15.3. The summed E-state index contributed by atoms with van der Waals surface area (Å²) < 4.78 is 57.6. The molecule has 0 saturated carbocycles. The van der Waals surface area contributed by atoms with Crippen molar-refractivity contribution in [3.05, 3.63) is 29.8 Å². The molecule has 0 amide bonds. The van der Waals surface area contributed by atoms with Crippen LogP contribution in [0.25, 0.3) is 0 Å². The molecule has 0 fully saturated rings. The average Bonchev–Trinajstić information content (AvgIpc) is 2.36. The normalized spacial score (nSPS) is 13.8. The van der Waals surface area contributed by atoms with Crippen LogP contribution < -0.4 is 10.5 Å². The number of ether oxygens (including phenoxy) is 2. The van der Waals surface area contributed by atoms with Gasteiger partial charge in [0.2, 0.25) is 6.17 Å². The highest BCUT2D eigenvalue weighted by Crippen LogP contribution is 2.25. The van der Waals surface area contributed by atoms with E-state index in [1.165, 1.54) is 6.92 Å². The monoisotopic (exact) mass is 331 g/mol. The maximum atomic E-state index is 13.6. The van der Waals surface area contributed by atoms with E-state index in [2.05, 4.69) is 9.47 Å². The zero-order valence-electron chi connectivity index (χ0n) is 10.9. The molecule has 0 aromatic heterocycles. The first-order chi connectivity index (χ1) is 9.24. The molecule has 1 unspecified atom stereocenters. The Kier molecular flexibility index (Phi) is 7.45. The van der Waals surface area contributed by atoms with Crippen LogP contribution in [-0.2, 0) is 9.53 Å². The summed E-state index contributed by atoms with van der Waals surface area (Å²) in [6.07, 6.45) is -6.90. The van der Waals surface area contributed by atoms with Gasteiger partial charge in [-0.2, -0.15) is 0 Å². The van der Waals surface area contributed by atoms with Crippen molar-refractivity contribution in [3.8, 4) is 5.75 Å². The Morgan fingerprint density at radius 1 is 1.29 bits per heavy atom. The van der Waals surface area contributed by atoms with Crippen molar-refractivity contribution in [2.75, 3.05) is 6.61 Å². The van der Waals surface area contributed by atoms with Crippen molar-refractivity contribution in [1.29, 1.82) is 0 Å². The largest absolute Gasteiger partial charge is 0.573 e. The lowest BCUT2D eigenvalue weighted by atomic mass is 10.0. The third-order valence-corrected chi connectivity index (χ3v) is 2.33. The van der Waals surface area contributed by atoms with E-state index in [1.54, 1.807) is 0 Å². The summed E-state index contributed by atoms with van der Waals surface area (Å²) in [5.41, 5.74) is 5.66. The molecule has 9 heteroatoms. The van der Waals surface area contributed by atoms with E-state index in [1.807, 2.05) is 0 Å². The van der Waals surface area contributed by atoms with E-state index in [9.17, 15) is 22.4 Å². The Morgan fingerprint density at radius 2 is 1.81 bits per heavy atom. The van der Waals surface area contributed by atoms with Gasteiger partial charge in [0.15, 0.2) is 0 Å². The molecule has 0 heterocycles. The van der Waals surface area contributed by atoms with Gasteiger partial charge in [0, 0.05) is 0 Å². The molecule has 0 bridgehead atoms. The van der Waals surface area contributed by atoms with Gasteiger partial charge < -0.3 is 15.2 Å². The van der Waals surface area contributed by atoms with E-state index in [0.717, 1.165) is 24.3 Å². The first kappa shape index (κ1) is 19.5. The molecule has 1 aromatic rings. The summed E-state index contributed by atoms with van der Waals surface area (Å²) >= 11 is 0. The van der Waals surface area contributed by atoms with E-state index in [4.69, 9.17) is 5.73 Å². The fourth-order valence-corrected chi connectivity index (χ4v) is 1.43. The topological polar surface area (TPSA) is 61.5 Å². The van der Waals surface area contributed by atoms with Gasteiger partial charge in [-0.1, -0.05) is 12.1 Å². The molecule has 0 spiro atoms. The molecular formula is C12H14ClF4NO3. The maximum absolute atomic E-state index is 13.6. The summed E-state index contributed by atoms with van der Waals surface area (Å²) in [7, 11) is 0. The number of rotatable bonds is 5. The summed E-state index contributed by atoms with van der Waals surface area (Å²) in [5.74, 6) is -1.57. The number of alkyl halides is 4. The second kappa shape index (κ2) is 8.04. The fourth-order valence-electron chi connectivity index (χ4n) is 1.43. The van der Waals surface area contributed by atoms with Crippen LogP contribution >= 0.6 is 12.4 Å². The van der Waals surface area contributed by atoms with Gasteiger partial charge >= 0.3 is 12.3 Å². The molecule has 0 aliphatic rings. The number of nitrogens with two attached hydrogens (primary N) is 1. The van der Waals surface area contributed by atoms with Gasteiger partial charge in [-0.3, -0.25) is 0 Å². The molecule has 21 heavy (non-hydrogen) atoms. The van der Waals surface area contributed by atoms with E-state index < -0.39 is 30.3 Å². The summed E-state index contributed by atoms with van der Waals surface area (Å²) in [6.45, 7) is 1.52. The summed E-state index contributed by atoms with van der Waals surface area (Å²) in [5, 5.41) is 0. The van der Waals surface area contributed by atoms with Crippen molar-refractivity contribution in [2.45, 2.75) is 25.5 Å². The van der Waals surface area contributed by atoms with Crippen LogP contribution in [0.2, 0.25) is 0 Å². The van der Waals surface area contributed by atoms with Crippen LogP contribution in [0.5, 0.6) is 5.75 Å². The summed E-state index contributed by atoms with van der Waals surface area (Å²) in [4.78, 5) is 11.2. The first-order valence-corrected chi connectivity index (χ1v) is 5.66. The number of halogens is 5. The molecule has 0 aliphatic heterocycles. The number of carbonyl (C=O) groups excluding carboxylic acids is 1. The molecule has 0 aliphatic carbocycles. The SMILES string of the molecule is CCOC(=O)C(F)[C@H](N)c1ccc(OC(F)(F)F)cc1.Cl. The number of hydrogen-bond acceptors (Lipinski definition) is 4. The standard InChI is InChI=1S/C12H13F4NO3.ClH/c1-2-19-11(18)9(13)10(17)7-3-5-8(6-4-7)20-12(14,15)16;/h3-6,9-10H,2,17H2,1H3;1H/t9?,10-;/m1./s1. The highest BCUT2D eigenvalue weighted by Gasteiger charge is 2.31. The lowest BCUT2D eigenvalue weighted by molar-refractivity contribution is -0.274. The van der Waals surface area contributed by atoms with Gasteiger partial charge in [0.1, 0.15) is 5.75 Å². The Morgan fingerprint density at radius 3 is 2.24 bits per heavy atom. The molecule has 2 atom stereocenters. The Balaban J connectivity index is 0.00000400. The van der Waals surface area contributed by atoms with Crippen LogP contribution in [0.3, 0.4) is 0 Å². The highest BCUT2D eigenvalue weighted by molar-refractivity contribution is 5.85. The van der Waals surface area contributed by atoms with Crippen LogP contribution in [0.1, 0.15) is 18.5 Å². The van der Waals surface area contributed by atoms with Crippen LogP contribution in [0.4, 0.5) is 17.6 Å². The average molecular weight is 332 g/mol. The molecule has 4 nitrogen and oxygen atoms in total. The van der Waals surface area contributed by atoms with Gasteiger partial charge in [0.25, 0.3) is 0 Å². The number of benzene rings is 1. The van der Waals surface area contributed by atoms with Crippen molar-refractivity contribution in [1.82, 2.24) is 0 Å². The van der Waals surface area contributed by atoms with Crippen molar-refractivity contribution < 1.29 is 31.8 Å². The van der Waals surface area contributed by atoms with E-state index in [0.29, 0.717) is 0 Å². The zero-order valence-corrected chi connectivity index (χ0v) is 11.7. The van der Waals surface area contributed by atoms with E-state index >= 15 is 0 Å². The minimum atomic E-state index is -4.81. The number of carbonyl (C=O) groups is 1. The second-order valence-corrected chi connectivity index (χ2v) is 3.80. The molecular weight excluding hydrogens is 318 g/mol. The second-order valence-electron chi connectivity index (χ2n) is 3.80. The fraction of sp³-hybridized carbons (Fsp3) is 0.417. The Labute approximate surface area is 124 Å². The Bertz CT molecular complexity index is 453. The number of hydrogen-bond donors (Lipinski definition) is 1. The lowest BCUT2D eigenvalue weighted by Gasteiger charge is -2.16. The third-order valence-electron chi connectivity index (χ3n) is 2.33. The highest BCUT2D eigenvalue weighted by atomic mass is 35.5. The predicted molar refractivity (Wildman–Crippen MR) is 68.8 cm³/mol. The molecule has 1 rings (SSSR count). The minimum absolute atomic E-state index is 0. The smallest absolute Gasteiger partial charge is 0.464 e. The van der Waals surface area contributed by atoms with Crippen LogP contribution in [0.15, 0.2) is 24.3 Å². The van der Waals surface area contributed by atoms with Crippen LogP contribution in [-0.4, -0.2) is 25.1 Å². The van der Waals surface area contributed by atoms with E-state index in [-0.39, 0.29) is 24.6 Å². The number of esters is 1. The molecule has 1 aromatic carbocycles. The summed E-state index contributed by atoms with van der Waals surface area (Å²) in [6, 6.07) is 2.95. The van der Waals surface area contributed by atoms with Gasteiger partial charge in [-0.25, -0.2) is 9.18 Å². The van der Waals surface area contributed by atoms with Gasteiger partial charge in [-0.15, -0.1) is 25.6 Å². The van der Waals surface area contributed by atoms with Crippen LogP contribution in [0, 0.1) is 0 Å². The molecule has 2 N–H and O–H groups in total. The minimum Gasteiger partial charge on any atom is -0.464 e. The predicted octanol–water partition coefficient (Wildman–Crippen LogP) is 2.91. The Hall–Kier alpha value is -1.54. The molecule has 120 valence electrons. The molecule has 0 radical (unpaired) electrons. The quantitative estimate of drug-likeness (QED) is 0.665. The maximum Gasteiger partial charge on any atom is 0.573 e. The van der Waals surface area contributed by atoms with Crippen molar-refractivity contribution in [2.24, 2.45) is 5.73 Å². The van der Waals surface area contributed by atoms with Gasteiger partial charge in [-0.05, 0) is 24.6 Å². The van der Waals surface area contributed by atoms with Gasteiger partial charge in [0.05, 0.1) is 12.6 Å². The van der Waals surface area contributed by atoms with Crippen molar-refractivity contribution >= 4 is 18.4 Å².